The van der Waals surface area contributed by atoms with Gasteiger partial charge in [0.1, 0.15) is 0 Å². The zero-order valence-electron chi connectivity index (χ0n) is 15.6. The molecule has 3 aromatic carbocycles. The maximum absolute atomic E-state index is 11.2. The van der Waals surface area contributed by atoms with Crippen LogP contribution in [0, 0.1) is 0 Å². The Hall–Kier alpha value is -3.80. The van der Waals surface area contributed by atoms with Gasteiger partial charge in [-0.15, -0.1) is 0 Å². The SMILES string of the molecule is COC(=O)c1ccccc1C(=O)OC.c1ccc(N=Nc2ccccc2)cc1. The third-order valence-electron chi connectivity index (χ3n) is 3.53. The third-order valence-corrected chi connectivity index (χ3v) is 3.53. The van der Waals surface area contributed by atoms with Crippen LogP contribution in [-0.2, 0) is 9.47 Å². The number of hydrogen-bond acceptors (Lipinski definition) is 6. The quantitative estimate of drug-likeness (QED) is 0.453. The van der Waals surface area contributed by atoms with E-state index in [1.165, 1.54) is 26.4 Å². The summed E-state index contributed by atoms with van der Waals surface area (Å²) in [5.41, 5.74) is 2.16. The molecule has 0 saturated heterocycles. The summed E-state index contributed by atoms with van der Waals surface area (Å²) in [6.45, 7) is 0. The fraction of sp³-hybridized carbons (Fsp3) is 0.0909. The fourth-order valence-electron chi connectivity index (χ4n) is 2.16. The van der Waals surface area contributed by atoms with Crippen LogP contribution in [0.5, 0.6) is 0 Å². The van der Waals surface area contributed by atoms with E-state index in [4.69, 9.17) is 0 Å². The number of esters is 2. The standard InChI is InChI=1S/C12H10N2.C10H10O4/c1-3-7-11(8-4-1)13-14-12-9-5-2-6-10-12;1-13-9(11)7-5-3-4-6-8(7)10(12)14-2/h1-10H;3-6H,1-2H3. The largest absolute Gasteiger partial charge is 0.465 e. The van der Waals surface area contributed by atoms with Crippen molar-refractivity contribution in [2.75, 3.05) is 14.2 Å². The van der Waals surface area contributed by atoms with Crippen LogP contribution in [-0.4, -0.2) is 26.2 Å². The molecule has 6 nitrogen and oxygen atoms in total. The second-order valence-electron chi connectivity index (χ2n) is 5.40. The Balaban J connectivity index is 0.000000200. The second-order valence-corrected chi connectivity index (χ2v) is 5.40. The van der Waals surface area contributed by atoms with Gasteiger partial charge in [0.15, 0.2) is 0 Å². The highest BCUT2D eigenvalue weighted by Crippen LogP contribution is 2.16. The average Bonchev–Trinajstić information content (AvgIpc) is 2.78. The van der Waals surface area contributed by atoms with Gasteiger partial charge in [-0.3, -0.25) is 0 Å². The van der Waals surface area contributed by atoms with Crippen molar-refractivity contribution >= 4 is 23.3 Å². The lowest BCUT2D eigenvalue weighted by Crippen LogP contribution is -2.11. The van der Waals surface area contributed by atoms with Crippen LogP contribution < -0.4 is 0 Å². The highest BCUT2D eigenvalue weighted by molar-refractivity contribution is 6.03. The first-order valence-electron chi connectivity index (χ1n) is 8.43. The minimum absolute atomic E-state index is 0.210. The maximum atomic E-state index is 11.2. The average molecular weight is 376 g/mol. The lowest BCUT2D eigenvalue weighted by atomic mass is 10.1. The molecule has 3 rings (SSSR count). The summed E-state index contributed by atoms with van der Waals surface area (Å²) in [4.78, 5) is 22.4. The number of methoxy groups -OCH3 is 2. The number of ether oxygens (including phenoxy) is 2. The third kappa shape index (κ3) is 6.17. The molecule has 0 radical (unpaired) electrons. The summed E-state index contributed by atoms with van der Waals surface area (Å²) in [7, 11) is 2.52. The fourth-order valence-corrected chi connectivity index (χ4v) is 2.16. The topological polar surface area (TPSA) is 77.3 Å². The van der Waals surface area contributed by atoms with E-state index in [0.29, 0.717) is 0 Å². The molecule has 0 aliphatic carbocycles. The Morgan fingerprint density at radius 3 is 1.21 bits per heavy atom. The number of carbonyl (C=O) groups excluding carboxylic acids is 2. The van der Waals surface area contributed by atoms with Gasteiger partial charge in [-0.05, 0) is 36.4 Å². The number of carbonyl (C=O) groups is 2. The lowest BCUT2D eigenvalue weighted by Gasteiger charge is -2.04. The number of azo groups is 1. The number of nitrogens with zero attached hydrogens (tertiary/aromatic N) is 2. The molecular weight excluding hydrogens is 356 g/mol. The number of benzene rings is 3. The van der Waals surface area contributed by atoms with Gasteiger partial charge in [0, 0.05) is 0 Å². The summed E-state index contributed by atoms with van der Waals surface area (Å²) in [6.07, 6.45) is 0. The van der Waals surface area contributed by atoms with Gasteiger partial charge in [0.25, 0.3) is 0 Å². The number of rotatable bonds is 4. The van der Waals surface area contributed by atoms with E-state index in [0.717, 1.165) is 11.4 Å². The Morgan fingerprint density at radius 2 is 0.893 bits per heavy atom. The van der Waals surface area contributed by atoms with Crippen molar-refractivity contribution in [2.24, 2.45) is 10.2 Å². The van der Waals surface area contributed by atoms with Crippen molar-refractivity contribution in [2.45, 2.75) is 0 Å². The molecule has 0 aliphatic heterocycles. The molecule has 0 atom stereocenters. The highest BCUT2D eigenvalue weighted by Gasteiger charge is 2.16. The molecule has 0 bridgehead atoms. The molecular formula is C22H20N2O4. The van der Waals surface area contributed by atoms with Gasteiger partial charge >= 0.3 is 11.9 Å². The van der Waals surface area contributed by atoms with Crippen LogP contribution in [0.1, 0.15) is 20.7 Å². The summed E-state index contributed by atoms with van der Waals surface area (Å²) in [5.74, 6) is -1.10. The maximum Gasteiger partial charge on any atom is 0.338 e. The number of hydrogen-bond donors (Lipinski definition) is 0. The highest BCUT2D eigenvalue weighted by atomic mass is 16.5. The predicted octanol–water partition coefficient (Wildman–Crippen LogP) is 5.36. The predicted molar refractivity (Wildman–Crippen MR) is 106 cm³/mol. The van der Waals surface area contributed by atoms with Crippen LogP contribution >= 0.6 is 0 Å². The van der Waals surface area contributed by atoms with E-state index in [9.17, 15) is 9.59 Å². The van der Waals surface area contributed by atoms with Crippen molar-refractivity contribution in [3.05, 3.63) is 96.1 Å². The minimum atomic E-state index is -0.550. The Bertz CT molecular complexity index is 849. The van der Waals surface area contributed by atoms with Crippen molar-refractivity contribution in [3.8, 4) is 0 Å². The van der Waals surface area contributed by atoms with Crippen LogP contribution in [0.25, 0.3) is 0 Å². The normalized spacial score (nSPS) is 9.93. The van der Waals surface area contributed by atoms with E-state index >= 15 is 0 Å². The van der Waals surface area contributed by atoms with E-state index in [1.54, 1.807) is 12.1 Å². The van der Waals surface area contributed by atoms with Gasteiger partial charge in [-0.25, -0.2) is 9.59 Å². The molecule has 6 heteroatoms. The van der Waals surface area contributed by atoms with Gasteiger partial charge in [-0.1, -0.05) is 48.5 Å². The first-order valence-corrected chi connectivity index (χ1v) is 8.43. The Labute approximate surface area is 163 Å². The van der Waals surface area contributed by atoms with Crippen LogP contribution in [0.15, 0.2) is 95.2 Å². The van der Waals surface area contributed by atoms with Gasteiger partial charge in [0.05, 0.1) is 36.7 Å². The van der Waals surface area contributed by atoms with E-state index < -0.39 is 11.9 Å². The van der Waals surface area contributed by atoms with Crippen molar-refractivity contribution in [1.82, 2.24) is 0 Å². The molecule has 0 spiro atoms. The molecule has 0 heterocycles. The molecule has 0 saturated carbocycles. The smallest absolute Gasteiger partial charge is 0.338 e. The first-order chi connectivity index (χ1) is 13.7. The first kappa shape index (κ1) is 20.5. The Morgan fingerprint density at radius 1 is 0.571 bits per heavy atom. The molecule has 0 unspecified atom stereocenters. The van der Waals surface area contributed by atoms with Crippen molar-refractivity contribution in [1.29, 1.82) is 0 Å². The molecule has 28 heavy (non-hydrogen) atoms. The Kier molecular flexibility index (Phi) is 8.08. The summed E-state index contributed by atoms with van der Waals surface area (Å²) >= 11 is 0. The molecule has 3 aromatic rings. The van der Waals surface area contributed by atoms with Gasteiger partial charge in [0.2, 0.25) is 0 Å². The second kappa shape index (κ2) is 11.0. The van der Waals surface area contributed by atoms with E-state index in [1.807, 2.05) is 60.7 Å². The minimum Gasteiger partial charge on any atom is -0.465 e. The summed E-state index contributed by atoms with van der Waals surface area (Å²) in [6, 6.07) is 25.7. The van der Waals surface area contributed by atoms with Crippen molar-refractivity contribution in [3.63, 3.8) is 0 Å². The summed E-state index contributed by atoms with van der Waals surface area (Å²) in [5, 5.41) is 8.20. The van der Waals surface area contributed by atoms with Crippen LogP contribution in [0.4, 0.5) is 11.4 Å². The lowest BCUT2D eigenvalue weighted by molar-refractivity contribution is 0.0555. The van der Waals surface area contributed by atoms with E-state index in [-0.39, 0.29) is 11.1 Å². The molecule has 0 aliphatic rings. The van der Waals surface area contributed by atoms with E-state index in [2.05, 4.69) is 19.7 Å². The van der Waals surface area contributed by atoms with Gasteiger partial charge in [-0.2, -0.15) is 10.2 Å². The molecule has 142 valence electrons. The van der Waals surface area contributed by atoms with Gasteiger partial charge < -0.3 is 9.47 Å². The van der Waals surface area contributed by atoms with Crippen LogP contribution in [0.2, 0.25) is 0 Å². The zero-order chi connectivity index (χ0) is 20.2. The molecule has 0 amide bonds. The molecule has 0 N–H and O–H groups in total. The molecule has 0 fully saturated rings. The monoisotopic (exact) mass is 376 g/mol. The summed E-state index contributed by atoms with van der Waals surface area (Å²) < 4.78 is 9.05. The van der Waals surface area contributed by atoms with Crippen molar-refractivity contribution < 1.29 is 19.1 Å². The zero-order valence-corrected chi connectivity index (χ0v) is 15.6. The van der Waals surface area contributed by atoms with Crippen LogP contribution in [0.3, 0.4) is 0 Å². The molecule has 0 aromatic heterocycles.